The highest BCUT2D eigenvalue weighted by Gasteiger charge is 2.34. The largest absolute Gasteiger partial charge is 0.320 e. The molecule has 0 fully saturated rings. The Kier molecular flexibility index (Phi) is 4.52. The molecule has 0 unspecified atom stereocenters. The highest BCUT2D eigenvalue weighted by Crippen LogP contribution is 2.25. The molecule has 31 heavy (non-hydrogen) atoms. The van der Waals surface area contributed by atoms with Crippen molar-refractivity contribution < 1.29 is 14.4 Å². The topological polar surface area (TPSA) is 79.4 Å². The Morgan fingerprint density at radius 2 is 1.55 bits per heavy atom. The number of aromatic nitrogens is 1. The third kappa shape index (κ3) is 3.34. The number of fused-ring (bicyclic) bond motifs is 2. The third-order valence-corrected chi connectivity index (χ3v) is 5.29. The number of pyridine rings is 1. The van der Waals surface area contributed by atoms with Crippen LogP contribution in [0.15, 0.2) is 85.1 Å². The number of hydrogen-bond donors (Lipinski definition) is 1. The number of carbonyl (C=O) groups excluding carboxylic acids is 3. The van der Waals surface area contributed by atoms with Crippen molar-refractivity contribution in [2.75, 3.05) is 5.32 Å². The molecule has 1 aromatic heterocycles. The lowest BCUT2D eigenvalue weighted by Gasteiger charge is -2.14. The number of benzene rings is 3. The van der Waals surface area contributed by atoms with Gasteiger partial charge < -0.3 is 5.32 Å². The van der Waals surface area contributed by atoms with E-state index in [1.807, 2.05) is 24.3 Å². The molecule has 0 saturated carbocycles. The molecule has 1 aliphatic heterocycles. The van der Waals surface area contributed by atoms with Crippen LogP contribution in [0.25, 0.3) is 10.9 Å². The highest BCUT2D eigenvalue weighted by atomic mass is 16.2. The molecule has 150 valence electrons. The van der Waals surface area contributed by atoms with Gasteiger partial charge in [-0.15, -0.1) is 0 Å². The average molecular weight is 407 g/mol. The summed E-state index contributed by atoms with van der Waals surface area (Å²) in [6.45, 7) is 0.100. The molecular weight excluding hydrogens is 390 g/mol. The Hall–Kier alpha value is -4.32. The molecule has 5 rings (SSSR count). The Morgan fingerprint density at radius 1 is 0.839 bits per heavy atom. The quantitative estimate of drug-likeness (QED) is 0.512. The normalized spacial score (nSPS) is 12.8. The van der Waals surface area contributed by atoms with Crippen LogP contribution in [0.2, 0.25) is 0 Å². The minimum absolute atomic E-state index is 0.100. The first-order valence-corrected chi connectivity index (χ1v) is 9.81. The van der Waals surface area contributed by atoms with E-state index in [0.717, 1.165) is 5.39 Å². The fourth-order valence-electron chi connectivity index (χ4n) is 3.78. The van der Waals surface area contributed by atoms with E-state index in [0.29, 0.717) is 33.5 Å². The van der Waals surface area contributed by atoms with Gasteiger partial charge in [0.15, 0.2) is 0 Å². The molecule has 1 N–H and O–H groups in total. The van der Waals surface area contributed by atoms with Crippen LogP contribution in [0.5, 0.6) is 0 Å². The lowest BCUT2D eigenvalue weighted by molar-refractivity contribution is 0.0642. The van der Waals surface area contributed by atoms with Gasteiger partial charge in [-0.2, -0.15) is 0 Å². The van der Waals surface area contributed by atoms with Gasteiger partial charge in [0.2, 0.25) is 0 Å². The Bertz CT molecular complexity index is 1320. The van der Waals surface area contributed by atoms with E-state index in [-0.39, 0.29) is 24.3 Å². The smallest absolute Gasteiger partial charge is 0.261 e. The number of carbonyl (C=O) groups is 3. The van der Waals surface area contributed by atoms with Gasteiger partial charge in [-0.3, -0.25) is 24.3 Å². The molecule has 6 heteroatoms. The van der Waals surface area contributed by atoms with E-state index in [9.17, 15) is 14.4 Å². The van der Waals surface area contributed by atoms with Crippen LogP contribution in [-0.2, 0) is 6.54 Å². The second-order valence-electron chi connectivity index (χ2n) is 7.28. The number of nitrogens with one attached hydrogen (secondary N) is 1. The number of nitrogens with zero attached hydrogens (tertiary/aromatic N) is 2. The van der Waals surface area contributed by atoms with Crippen LogP contribution in [0.1, 0.15) is 36.6 Å². The molecule has 0 spiro atoms. The van der Waals surface area contributed by atoms with Gasteiger partial charge in [-0.1, -0.05) is 42.5 Å². The number of amides is 3. The van der Waals surface area contributed by atoms with Crippen molar-refractivity contribution in [3.63, 3.8) is 0 Å². The maximum atomic E-state index is 12.9. The minimum Gasteiger partial charge on any atom is -0.320 e. The zero-order valence-electron chi connectivity index (χ0n) is 16.4. The molecule has 0 atom stereocenters. The van der Waals surface area contributed by atoms with Crippen molar-refractivity contribution >= 4 is 34.3 Å². The van der Waals surface area contributed by atoms with E-state index in [2.05, 4.69) is 10.3 Å². The molecule has 0 radical (unpaired) electrons. The molecule has 3 amide bonds. The van der Waals surface area contributed by atoms with Gasteiger partial charge >= 0.3 is 0 Å². The molecule has 0 bridgehead atoms. The minimum atomic E-state index is -0.322. The van der Waals surface area contributed by atoms with Gasteiger partial charge in [0.25, 0.3) is 17.7 Å². The van der Waals surface area contributed by atoms with Crippen molar-refractivity contribution in [2.45, 2.75) is 6.54 Å². The molecular formula is C25H17N3O3. The molecule has 3 aromatic carbocycles. The van der Waals surface area contributed by atoms with E-state index in [4.69, 9.17) is 0 Å². The summed E-state index contributed by atoms with van der Waals surface area (Å²) in [5.41, 5.74) is 3.27. The summed E-state index contributed by atoms with van der Waals surface area (Å²) in [5.74, 6) is -0.933. The molecule has 0 saturated heterocycles. The van der Waals surface area contributed by atoms with Gasteiger partial charge in [0.05, 0.1) is 28.9 Å². The lowest BCUT2D eigenvalue weighted by atomic mass is 10.1. The second kappa shape index (κ2) is 7.50. The molecule has 4 aromatic rings. The van der Waals surface area contributed by atoms with Crippen LogP contribution in [-0.4, -0.2) is 27.6 Å². The van der Waals surface area contributed by atoms with Gasteiger partial charge in [-0.05, 0) is 42.0 Å². The fourth-order valence-corrected chi connectivity index (χ4v) is 3.78. The van der Waals surface area contributed by atoms with Crippen molar-refractivity contribution in [2.24, 2.45) is 0 Å². The van der Waals surface area contributed by atoms with E-state index in [1.54, 1.807) is 60.8 Å². The van der Waals surface area contributed by atoms with Gasteiger partial charge in [0, 0.05) is 17.1 Å². The number of rotatable bonds is 4. The van der Waals surface area contributed by atoms with Crippen LogP contribution in [0.4, 0.5) is 5.69 Å². The van der Waals surface area contributed by atoms with Crippen molar-refractivity contribution in [1.29, 1.82) is 0 Å². The van der Waals surface area contributed by atoms with Gasteiger partial charge in [-0.25, -0.2) is 0 Å². The summed E-state index contributed by atoms with van der Waals surface area (Å²) in [5, 5.41) is 3.84. The number of para-hydroxylation sites is 1. The second-order valence-corrected chi connectivity index (χ2v) is 7.28. The number of hydrogen-bond acceptors (Lipinski definition) is 4. The zero-order valence-corrected chi connectivity index (χ0v) is 16.4. The SMILES string of the molecule is O=C(Nc1cccc2cccnc12)c1cccc(CN2C(=O)c3ccccc3C2=O)c1. The summed E-state index contributed by atoms with van der Waals surface area (Å²) in [7, 11) is 0. The Balaban J connectivity index is 1.38. The molecule has 1 aliphatic rings. The Labute approximate surface area is 178 Å². The molecule has 0 aliphatic carbocycles. The summed E-state index contributed by atoms with van der Waals surface area (Å²) in [6.07, 6.45) is 1.68. The zero-order chi connectivity index (χ0) is 21.4. The standard InChI is InChI=1S/C25H17N3O3/c29-23(27-21-12-4-7-17-9-5-13-26-22(17)21)18-8-3-6-16(14-18)15-28-24(30)19-10-1-2-11-20(19)25(28)31/h1-14H,15H2,(H,27,29). The maximum absolute atomic E-state index is 12.9. The van der Waals surface area contributed by atoms with Crippen LogP contribution in [0.3, 0.4) is 0 Å². The van der Waals surface area contributed by atoms with Crippen molar-refractivity contribution in [1.82, 2.24) is 9.88 Å². The van der Waals surface area contributed by atoms with Crippen LogP contribution in [0, 0.1) is 0 Å². The van der Waals surface area contributed by atoms with E-state index < -0.39 is 0 Å². The average Bonchev–Trinajstić information content (AvgIpc) is 3.04. The first kappa shape index (κ1) is 18.7. The van der Waals surface area contributed by atoms with Crippen LogP contribution < -0.4 is 5.32 Å². The summed E-state index contributed by atoms with van der Waals surface area (Å²) in [4.78, 5) is 43.7. The van der Waals surface area contributed by atoms with Crippen molar-refractivity contribution in [3.05, 3.63) is 107 Å². The third-order valence-electron chi connectivity index (χ3n) is 5.29. The first-order valence-electron chi connectivity index (χ1n) is 9.81. The van der Waals surface area contributed by atoms with Crippen molar-refractivity contribution in [3.8, 4) is 0 Å². The fraction of sp³-hybridized carbons (Fsp3) is 0.0400. The van der Waals surface area contributed by atoms with Gasteiger partial charge in [0.1, 0.15) is 0 Å². The van der Waals surface area contributed by atoms with E-state index >= 15 is 0 Å². The summed E-state index contributed by atoms with van der Waals surface area (Å²) < 4.78 is 0. The van der Waals surface area contributed by atoms with E-state index in [1.165, 1.54) is 4.90 Å². The molecule has 2 heterocycles. The monoisotopic (exact) mass is 407 g/mol. The predicted octanol–water partition coefficient (Wildman–Crippen LogP) is 4.28. The Morgan fingerprint density at radius 3 is 2.32 bits per heavy atom. The first-order chi connectivity index (χ1) is 15.1. The summed E-state index contributed by atoms with van der Waals surface area (Å²) in [6, 6.07) is 23.1. The maximum Gasteiger partial charge on any atom is 0.261 e. The highest BCUT2D eigenvalue weighted by molar-refractivity contribution is 6.21. The molecule has 6 nitrogen and oxygen atoms in total. The number of anilines is 1. The predicted molar refractivity (Wildman–Crippen MR) is 117 cm³/mol. The lowest BCUT2D eigenvalue weighted by Crippen LogP contribution is -2.29. The van der Waals surface area contributed by atoms with Crippen LogP contribution >= 0.6 is 0 Å². The summed E-state index contributed by atoms with van der Waals surface area (Å²) >= 11 is 0. The number of imide groups is 1.